The lowest BCUT2D eigenvalue weighted by Crippen LogP contribution is -2.22. The van der Waals surface area contributed by atoms with Crippen molar-refractivity contribution < 1.29 is 9.63 Å². The van der Waals surface area contributed by atoms with Crippen molar-refractivity contribution in [2.75, 3.05) is 13.1 Å². The van der Waals surface area contributed by atoms with Crippen molar-refractivity contribution in [3.63, 3.8) is 0 Å². The van der Waals surface area contributed by atoms with Gasteiger partial charge in [-0.05, 0) is 49.2 Å². The minimum atomic E-state index is -0.460. The second-order valence-electron chi connectivity index (χ2n) is 4.24. The van der Waals surface area contributed by atoms with Gasteiger partial charge in [0.2, 0.25) is 0 Å². The minimum absolute atomic E-state index is 0.460. The van der Waals surface area contributed by atoms with Crippen LogP contribution in [0.25, 0.3) is 0 Å². The maximum Gasteiger partial charge on any atom is 0.442 e. The number of hydrogen-bond acceptors (Lipinski definition) is 4. The van der Waals surface area contributed by atoms with E-state index in [-0.39, 0.29) is 0 Å². The van der Waals surface area contributed by atoms with E-state index >= 15 is 0 Å². The molecule has 2 rings (SSSR count). The lowest BCUT2D eigenvalue weighted by molar-refractivity contribution is 0.135. The molecule has 0 amide bonds. The number of carbonyl (C=O) groups excluding carboxylic acids is 1. The fourth-order valence-electron chi connectivity index (χ4n) is 1.80. The van der Waals surface area contributed by atoms with Gasteiger partial charge < -0.3 is 16.3 Å². The van der Waals surface area contributed by atoms with Crippen molar-refractivity contribution in [2.24, 2.45) is 11.5 Å². The van der Waals surface area contributed by atoms with Crippen LogP contribution in [0.5, 0.6) is 0 Å². The molecule has 2 heterocycles. The molecule has 0 aliphatic rings. The molecule has 0 saturated heterocycles. The van der Waals surface area contributed by atoms with Crippen LogP contribution in [0.15, 0.2) is 36.9 Å². The summed E-state index contributed by atoms with van der Waals surface area (Å²) < 4.78 is 2.78. The molecule has 0 fully saturated rings. The Labute approximate surface area is 111 Å². The van der Waals surface area contributed by atoms with Crippen LogP contribution in [0, 0.1) is 0 Å². The predicted molar refractivity (Wildman–Crippen MR) is 71.8 cm³/mol. The van der Waals surface area contributed by atoms with E-state index < -0.39 is 6.09 Å². The van der Waals surface area contributed by atoms with Crippen molar-refractivity contribution in [1.29, 1.82) is 0 Å². The SMILES string of the molecule is NCCc1ccn(OC(=O)n2ccc(CCN)c2)c1. The summed E-state index contributed by atoms with van der Waals surface area (Å²) in [5.41, 5.74) is 13.0. The second kappa shape index (κ2) is 6.21. The van der Waals surface area contributed by atoms with Gasteiger partial charge in [-0.2, -0.15) is 4.73 Å². The Morgan fingerprint density at radius 3 is 2.37 bits per heavy atom. The minimum Gasteiger partial charge on any atom is -0.330 e. The Balaban J connectivity index is 1.98. The summed E-state index contributed by atoms with van der Waals surface area (Å²) in [6.45, 7) is 1.12. The van der Waals surface area contributed by atoms with Crippen molar-refractivity contribution in [1.82, 2.24) is 9.30 Å². The highest BCUT2D eigenvalue weighted by atomic mass is 16.7. The average Bonchev–Trinajstić information content (AvgIpc) is 3.00. The van der Waals surface area contributed by atoms with Gasteiger partial charge in [0.25, 0.3) is 0 Å². The van der Waals surface area contributed by atoms with Gasteiger partial charge in [-0.15, -0.1) is 0 Å². The maximum absolute atomic E-state index is 11.9. The van der Waals surface area contributed by atoms with Crippen LogP contribution in [0.2, 0.25) is 0 Å². The molecule has 0 unspecified atom stereocenters. The molecule has 0 aliphatic carbocycles. The first-order valence-electron chi connectivity index (χ1n) is 6.19. The van der Waals surface area contributed by atoms with Crippen LogP contribution in [0.3, 0.4) is 0 Å². The fourth-order valence-corrected chi connectivity index (χ4v) is 1.80. The van der Waals surface area contributed by atoms with Crippen LogP contribution in [0.1, 0.15) is 11.1 Å². The maximum atomic E-state index is 11.9. The highest BCUT2D eigenvalue weighted by Gasteiger charge is 2.08. The van der Waals surface area contributed by atoms with E-state index in [1.165, 1.54) is 9.30 Å². The summed E-state index contributed by atoms with van der Waals surface area (Å²) >= 11 is 0. The van der Waals surface area contributed by atoms with Crippen LogP contribution >= 0.6 is 0 Å². The molecule has 102 valence electrons. The van der Waals surface area contributed by atoms with E-state index in [0.717, 1.165) is 24.0 Å². The van der Waals surface area contributed by atoms with Gasteiger partial charge in [-0.1, -0.05) is 0 Å². The van der Waals surface area contributed by atoms with Crippen LogP contribution in [0.4, 0.5) is 4.79 Å². The fraction of sp³-hybridized carbons (Fsp3) is 0.308. The molecule has 0 bridgehead atoms. The number of nitrogens with zero attached hydrogens (tertiary/aromatic N) is 2. The summed E-state index contributed by atoms with van der Waals surface area (Å²) in [5.74, 6) is 0. The first-order valence-corrected chi connectivity index (χ1v) is 6.19. The zero-order chi connectivity index (χ0) is 13.7. The van der Waals surface area contributed by atoms with Gasteiger partial charge in [0.15, 0.2) is 0 Å². The molecule has 0 saturated carbocycles. The molecular weight excluding hydrogens is 244 g/mol. The Morgan fingerprint density at radius 2 is 1.68 bits per heavy atom. The quantitative estimate of drug-likeness (QED) is 0.815. The van der Waals surface area contributed by atoms with Crippen molar-refractivity contribution in [3.8, 4) is 0 Å². The van der Waals surface area contributed by atoms with Gasteiger partial charge >= 0.3 is 6.09 Å². The van der Waals surface area contributed by atoms with Gasteiger partial charge in [0.1, 0.15) is 0 Å². The van der Waals surface area contributed by atoms with E-state index in [9.17, 15) is 4.79 Å². The van der Waals surface area contributed by atoms with Gasteiger partial charge in [-0.3, -0.25) is 4.57 Å². The number of carbonyl (C=O) groups is 1. The molecule has 0 aliphatic heterocycles. The lowest BCUT2D eigenvalue weighted by atomic mass is 10.2. The average molecular weight is 262 g/mol. The Kier molecular flexibility index (Phi) is 4.38. The summed E-state index contributed by atoms with van der Waals surface area (Å²) in [7, 11) is 0. The van der Waals surface area contributed by atoms with Gasteiger partial charge in [0, 0.05) is 24.8 Å². The largest absolute Gasteiger partial charge is 0.442 e. The van der Waals surface area contributed by atoms with E-state index in [2.05, 4.69) is 0 Å². The molecule has 0 spiro atoms. The molecule has 0 atom stereocenters. The van der Waals surface area contributed by atoms with Gasteiger partial charge in [-0.25, -0.2) is 4.79 Å². The third kappa shape index (κ3) is 3.46. The molecule has 2 aromatic rings. The summed E-state index contributed by atoms with van der Waals surface area (Å²) in [6.07, 6.45) is 7.86. The van der Waals surface area contributed by atoms with Crippen LogP contribution in [-0.2, 0) is 12.8 Å². The number of rotatable bonds is 5. The predicted octanol–water partition coefficient (Wildman–Crippen LogP) is 0.389. The summed E-state index contributed by atoms with van der Waals surface area (Å²) in [6, 6.07) is 3.72. The molecule has 2 aromatic heterocycles. The summed E-state index contributed by atoms with van der Waals surface area (Å²) in [4.78, 5) is 17.1. The van der Waals surface area contributed by atoms with E-state index in [1.807, 2.05) is 12.1 Å². The van der Waals surface area contributed by atoms with E-state index in [0.29, 0.717) is 13.1 Å². The third-order valence-electron chi connectivity index (χ3n) is 2.74. The van der Waals surface area contributed by atoms with Crippen LogP contribution in [-0.4, -0.2) is 28.5 Å². The zero-order valence-corrected chi connectivity index (χ0v) is 10.7. The molecule has 0 radical (unpaired) electrons. The highest BCUT2D eigenvalue weighted by Crippen LogP contribution is 2.03. The highest BCUT2D eigenvalue weighted by molar-refractivity contribution is 5.71. The third-order valence-corrected chi connectivity index (χ3v) is 2.74. The van der Waals surface area contributed by atoms with Crippen molar-refractivity contribution >= 4 is 6.09 Å². The summed E-state index contributed by atoms with van der Waals surface area (Å²) in [5, 5.41) is 0. The van der Waals surface area contributed by atoms with E-state index in [1.54, 1.807) is 24.8 Å². The standard InChI is InChI=1S/C13H18N4O2/c14-5-1-11-3-7-16(9-11)13(18)19-17-8-4-12(10-17)2-6-15/h3-4,7-10H,1-2,5-6,14-15H2. The smallest absolute Gasteiger partial charge is 0.330 e. The molecule has 6 nitrogen and oxygen atoms in total. The normalized spacial score (nSPS) is 10.6. The number of nitrogens with two attached hydrogens (primary N) is 2. The molecule has 0 aromatic carbocycles. The van der Waals surface area contributed by atoms with E-state index in [4.69, 9.17) is 16.3 Å². The first-order chi connectivity index (χ1) is 9.22. The first kappa shape index (κ1) is 13.4. The molecule has 19 heavy (non-hydrogen) atoms. The van der Waals surface area contributed by atoms with Crippen LogP contribution < -0.4 is 16.3 Å². The van der Waals surface area contributed by atoms with Crippen molar-refractivity contribution in [3.05, 3.63) is 48.0 Å². The Hall–Kier alpha value is -2.05. The molecule has 6 heteroatoms. The van der Waals surface area contributed by atoms with Crippen molar-refractivity contribution in [2.45, 2.75) is 12.8 Å². The molecule has 4 N–H and O–H groups in total. The molecular formula is C13H18N4O2. The second-order valence-corrected chi connectivity index (χ2v) is 4.24. The lowest BCUT2D eigenvalue weighted by Gasteiger charge is -2.04. The Morgan fingerprint density at radius 1 is 1.05 bits per heavy atom. The monoisotopic (exact) mass is 262 g/mol. The number of aromatic nitrogens is 2. The van der Waals surface area contributed by atoms with Gasteiger partial charge in [0.05, 0.1) is 0 Å². The zero-order valence-electron chi connectivity index (χ0n) is 10.7. The number of hydrogen-bond donors (Lipinski definition) is 2. The Bertz CT molecular complexity index is 544. The topological polar surface area (TPSA) is 88.2 Å².